The maximum atomic E-state index is 11.7. The van der Waals surface area contributed by atoms with E-state index in [0.717, 1.165) is 0 Å². The Bertz CT molecular complexity index is 494. The first-order valence-electron chi connectivity index (χ1n) is 4.63. The van der Waals surface area contributed by atoms with Gasteiger partial charge in [0, 0.05) is 29.5 Å². The maximum Gasteiger partial charge on any atom is 0.199 e. The van der Waals surface area contributed by atoms with Crippen molar-refractivity contribution >= 4 is 22.9 Å². The molecule has 0 saturated heterocycles. The third-order valence-corrected chi connectivity index (χ3v) is 2.81. The van der Waals surface area contributed by atoms with Crippen LogP contribution in [-0.2, 0) is 0 Å². The highest BCUT2D eigenvalue weighted by Crippen LogP contribution is 2.10. The van der Waals surface area contributed by atoms with Crippen molar-refractivity contribution in [3.05, 3.63) is 46.7 Å². The normalized spacial score (nSPS) is 10.0. The molecule has 0 fully saturated rings. The van der Waals surface area contributed by atoms with Crippen LogP contribution in [0.2, 0.25) is 0 Å². The highest BCUT2D eigenvalue weighted by molar-refractivity contribution is 7.11. The number of pyridine rings is 1. The van der Waals surface area contributed by atoms with Gasteiger partial charge in [-0.1, -0.05) is 0 Å². The van der Waals surface area contributed by atoms with Crippen molar-refractivity contribution in [2.75, 3.05) is 0 Å². The minimum atomic E-state index is -0.239. The Labute approximate surface area is 96.0 Å². The molecule has 2 rings (SSSR count). The van der Waals surface area contributed by atoms with Crippen LogP contribution in [0.3, 0.4) is 0 Å². The SMILES string of the molecule is O=C(CC(=O)c1nccs1)c1ccncc1. The van der Waals surface area contributed by atoms with Crippen LogP contribution in [0, 0.1) is 0 Å². The second-order valence-corrected chi connectivity index (χ2v) is 3.99. The van der Waals surface area contributed by atoms with Gasteiger partial charge in [-0.15, -0.1) is 11.3 Å². The van der Waals surface area contributed by atoms with Crippen molar-refractivity contribution in [2.24, 2.45) is 0 Å². The quantitative estimate of drug-likeness (QED) is 0.597. The van der Waals surface area contributed by atoms with Crippen LogP contribution in [0.4, 0.5) is 0 Å². The number of Topliss-reactive ketones (excluding diaryl/α,β-unsaturated/α-hetero) is 2. The lowest BCUT2D eigenvalue weighted by atomic mass is 10.1. The predicted octanol–water partition coefficient (Wildman–Crippen LogP) is 1.99. The molecule has 2 heterocycles. The molecule has 0 atom stereocenters. The highest BCUT2D eigenvalue weighted by Gasteiger charge is 2.15. The molecule has 0 aliphatic rings. The van der Waals surface area contributed by atoms with Gasteiger partial charge in [-0.2, -0.15) is 0 Å². The number of hydrogen-bond donors (Lipinski definition) is 0. The van der Waals surface area contributed by atoms with Crippen molar-refractivity contribution in [3.63, 3.8) is 0 Å². The maximum absolute atomic E-state index is 11.7. The van der Waals surface area contributed by atoms with Crippen LogP contribution >= 0.6 is 11.3 Å². The summed E-state index contributed by atoms with van der Waals surface area (Å²) in [6.45, 7) is 0. The minimum Gasteiger partial charge on any atom is -0.294 e. The fraction of sp³-hybridized carbons (Fsp3) is 0.0909. The Hall–Kier alpha value is -1.88. The molecule has 0 radical (unpaired) electrons. The molecule has 0 aromatic carbocycles. The average molecular weight is 232 g/mol. The van der Waals surface area contributed by atoms with Gasteiger partial charge in [-0.3, -0.25) is 14.6 Å². The largest absolute Gasteiger partial charge is 0.294 e. The number of ketones is 2. The van der Waals surface area contributed by atoms with Gasteiger partial charge in [0.2, 0.25) is 0 Å². The number of hydrogen-bond acceptors (Lipinski definition) is 5. The van der Waals surface area contributed by atoms with Gasteiger partial charge in [0.1, 0.15) is 0 Å². The van der Waals surface area contributed by atoms with E-state index in [1.165, 1.54) is 23.7 Å². The lowest BCUT2D eigenvalue weighted by Crippen LogP contribution is -2.08. The Morgan fingerprint density at radius 1 is 1.12 bits per heavy atom. The fourth-order valence-electron chi connectivity index (χ4n) is 1.22. The van der Waals surface area contributed by atoms with Crippen LogP contribution in [0.15, 0.2) is 36.1 Å². The van der Waals surface area contributed by atoms with E-state index in [-0.39, 0.29) is 18.0 Å². The van der Waals surface area contributed by atoms with E-state index in [4.69, 9.17) is 0 Å². The van der Waals surface area contributed by atoms with E-state index in [2.05, 4.69) is 9.97 Å². The summed E-state index contributed by atoms with van der Waals surface area (Å²) in [6, 6.07) is 3.19. The minimum absolute atomic E-state index is 0.141. The summed E-state index contributed by atoms with van der Waals surface area (Å²) in [6.07, 6.45) is 4.47. The van der Waals surface area contributed by atoms with Crippen LogP contribution in [0.25, 0.3) is 0 Å². The zero-order valence-electron chi connectivity index (χ0n) is 8.29. The van der Waals surface area contributed by atoms with E-state index in [9.17, 15) is 9.59 Å². The summed E-state index contributed by atoms with van der Waals surface area (Å²) in [7, 11) is 0. The second-order valence-electron chi connectivity index (χ2n) is 3.10. The number of aromatic nitrogens is 2. The third kappa shape index (κ3) is 2.38. The number of thiazole rings is 1. The van der Waals surface area contributed by atoms with Crippen LogP contribution in [0.1, 0.15) is 26.6 Å². The van der Waals surface area contributed by atoms with Gasteiger partial charge in [0.05, 0.1) is 6.42 Å². The molecule has 0 saturated carbocycles. The Morgan fingerprint density at radius 3 is 2.50 bits per heavy atom. The lowest BCUT2D eigenvalue weighted by molar-refractivity contribution is 0.0894. The van der Waals surface area contributed by atoms with E-state index in [1.54, 1.807) is 23.7 Å². The Morgan fingerprint density at radius 2 is 1.88 bits per heavy atom. The van der Waals surface area contributed by atoms with Crippen molar-refractivity contribution < 1.29 is 9.59 Å². The smallest absolute Gasteiger partial charge is 0.199 e. The van der Waals surface area contributed by atoms with Crippen LogP contribution in [0.5, 0.6) is 0 Å². The fourth-order valence-corrected chi connectivity index (χ4v) is 1.80. The van der Waals surface area contributed by atoms with Gasteiger partial charge < -0.3 is 0 Å². The number of nitrogens with zero attached hydrogens (tertiary/aromatic N) is 2. The molecular weight excluding hydrogens is 224 g/mol. The summed E-state index contributed by atoms with van der Waals surface area (Å²) in [5, 5.41) is 2.09. The van der Waals surface area contributed by atoms with E-state index in [1.807, 2.05) is 0 Å². The van der Waals surface area contributed by atoms with Crippen LogP contribution in [-0.4, -0.2) is 21.5 Å². The molecule has 0 unspecified atom stereocenters. The van der Waals surface area contributed by atoms with Crippen molar-refractivity contribution in [1.82, 2.24) is 9.97 Å². The molecule has 16 heavy (non-hydrogen) atoms. The summed E-state index contributed by atoms with van der Waals surface area (Å²) in [4.78, 5) is 31.0. The van der Waals surface area contributed by atoms with Gasteiger partial charge in [-0.05, 0) is 12.1 Å². The number of carbonyl (C=O) groups excluding carboxylic acids is 2. The average Bonchev–Trinajstić information content (AvgIpc) is 2.83. The Balaban J connectivity index is 2.06. The summed E-state index contributed by atoms with van der Waals surface area (Å²) < 4.78 is 0. The first-order valence-corrected chi connectivity index (χ1v) is 5.51. The van der Waals surface area contributed by atoms with E-state index in [0.29, 0.717) is 10.6 Å². The molecule has 0 amide bonds. The van der Waals surface area contributed by atoms with E-state index >= 15 is 0 Å². The molecule has 0 bridgehead atoms. The topological polar surface area (TPSA) is 59.9 Å². The zero-order valence-corrected chi connectivity index (χ0v) is 9.11. The van der Waals surface area contributed by atoms with E-state index < -0.39 is 0 Å². The molecule has 80 valence electrons. The molecule has 4 nitrogen and oxygen atoms in total. The third-order valence-electron chi connectivity index (χ3n) is 1.99. The van der Waals surface area contributed by atoms with Gasteiger partial charge in [0.25, 0.3) is 0 Å². The number of carbonyl (C=O) groups is 2. The predicted molar refractivity (Wildman–Crippen MR) is 59.6 cm³/mol. The summed E-state index contributed by atoms with van der Waals surface area (Å²) >= 11 is 1.24. The highest BCUT2D eigenvalue weighted by atomic mass is 32.1. The first-order chi connectivity index (χ1) is 7.77. The van der Waals surface area contributed by atoms with Crippen molar-refractivity contribution in [3.8, 4) is 0 Å². The monoisotopic (exact) mass is 232 g/mol. The Kier molecular flexibility index (Phi) is 3.16. The van der Waals surface area contributed by atoms with Crippen molar-refractivity contribution in [1.29, 1.82) is 0 Å². The van der Waals surface area contributed by atoms with Gasteiger partial charge in [0.15, 0.2) is 16.6 Å². The zero-order chi connectivity index (χ0) is 11.4. The molecule has 5 heteroatoms. The van der Waals surface area contributed by atoms with Gasteiger partial charge >= 0.3 is 0 Å². The van der Waals surface area contributed by atoms with Gasteiger partial charge in [-0.25, -0.2) is 4.98 Å². The lowest BCUT2D eigenvalue weighted by Gasteiger charge is -1.97. The number of rotatable bonds is 4. The first kappa shape index (κ1) is 10.6. The summed E-state index contributed by atoms with van der Waals surface area (Å²) in [5.74, 6) is -0.445. The molecule has 2 aromatic heterocycles. The second kappa shape index (κ2) is 4.76. The molecule has 2 aromatic rings. The molecule has 0 aliphatic heterocycles. The molecule has 0 aliphatic carbocycles. The molecule has 0 spiro atoms. The molecule has 0 N–H and O–H groups in total. The summed E-state index contributed by atoms with van der Waals surface area (Å²) in [5.41, 5.74) is 0.500. The van der Waals surface area contributed by atoms with Crippen molar-refractivity contribution in [2.45, 2.75) is 6.42 Å². The molecular formula is C11H8N2O2S. The van der Waals surface area contributed by atoms with Crippen LogP contribution < -0.4 is 0 Å². The standard InChI is InChI=1S/C11H8N2O2S/c14-9(8-1-3-12-4-2-8)7-10(15)11-13-5-6-16-11/h1-6H,7H2.